The maximum atomic E-state index is 12.7. The molecule has 1 aliphatic heterocycles. The van der Waals surface area contributed by atoms with Crippen LogP contribution in [0.2, 0.25) is 0 Å². The minimum atomic E-state index is 0.0264. The SMILES string of the molecule is CC1CCCC(C(=O)N2CCCC2CCCO)C1N. The van der Waals surface area contributed by atoms with Crippen molar-refractivity contribution in [3.8, 4) is 0 Å². The molecule has 0 aromatic carbocycles. The largest absolute Gasteiger partial charge is 0.396 e. The Kier molecular flexibility index (Phi) is 5.22. The standard InChI is InChI=1S/C15H28N2O2/c1-11-5-2-8-13(14(11)16)15(19)17-9-3-6-12(17)7-4-10-18/h11-14,18H,2-10,16H2,1H3. The molecular weight excluding hydrogens is 240 g/mol. The van der Waals surface area contributed by atoms with Gasteiger partial charge in [-0.3, -0.25) is 4.79 Å². The maximum Gasteiger partial charge on any atom is 0.227 e. The van der Waals surface area contributed by atoms with Crippen LogP contribution in [0.15, 0.2) is 0 Å². The summed E-state index contributed by atoms with van der Waals surface area (Å²) in [5.41, 5.74) is 6.25. The molecule has 1 saturated heterocycles. The number of rotatable bonds is 4. The molecule has 2 aliphatic rings. The number of aliphatic hydroxyl groups excluding tert-OH is 1. The lowest BCUT2D eigenvalue weighted by molar-refractivity contribution is -0.138. The molecule has 2 fully saturated rings. The number of likely N-dealkylation sites (tertiary alicyclic amines) is 1. The smallest absolute Gasteiger partial charge is 0.227 e. The summed E-state index contributed by atoms with van der Waals surface area (Å²) in [5, 5.41) is 8.95. The van der Waals surface area contributed by atoms with E-state index in [1.165, 1.54) is 0 Å². The monoisotopic (exact) mass is 268 g/mol. The Labute approximate surface area is 116 Å². The number of amides is 1. The average Bonchev–Trinajstić information content (AvgIpc) is 2.87. The van der Waals surface area contributed by atoms with Crippen LogP contribution in [0.1, 0.15) is 51.9 Å². The minimum absolute atomic E-state index is 0.0264. The first kappa shape index (κ1) is 14.8. The molecule has 3 N–H and O–H groups in total. The summed E-state index contributed by atoms with van der Waals surface area (Å²) in [5.74, 6) is 0.763. The van der Waals surface area contributed by atoms with Gasteiger partial charge >= 0.3 is 0 Å². The highest BCUT2D eigenvalue weighted by Crippen LogP contribution is 2.32. The third-order valence-corrected chi connectivity index (χ3v) is 4.97. The molecule has 0 bridgehead atoms. The van der Waals surface area contributed by atoms with Gasteiger partial charge in [0.2, 0.25) is 5.91 Å². The topological polar surface area (TPSA) is 66.6 Å². The van der Waals surface area contributed by atoms with E-state index in [9.17, 15) is 4.79 Å². The van der Waals surface area contributed by atoms with Gasteiger partial charge in [0.05, 0.1) is 5.92 Å². The summed E-state index contributed by atoms with van der Waals surface area (Å²) in [6.45, 7) is 3.27. The van der Waals surface area contributed by atoms with Gasteiger partial charge in [0, 0.05) is 25.2 Å². The Morgan fingerprint density at radius 1 is 1.32 bits per heavy atom. The highest BCUT2D eigenvalue weighted by molar-refractivity contribution is 5.80. The third-order valence-electron chi connectivity index (χ3n) is 4.97. The van der Waals surface area contributed by atoms with Crippen molar-refractivity contribution in [2.24, 2.45) is 17.6 Å². The number of hydrogen-bond donors (Lipinski definition) is 2. The molecule has 1 saturated carbocycles. The van der Waals surface area contributed by atoms with Crippen LogP contribution in [0.3, 0.4) is 0 Å². The summed E-state index contributed by atoms with van der Waals surface area (Å²) in [4.78, 5) is 14.8. The molecule has 4 atom stereocenters. The Bertz CT molecular complexity index is 309. The molecule has 4 heteroatoms. The molecule has 110 valence electrons. The van der Waals surface area contributed by atoms with Crippen molar-refractivity contribution in [2.75, 3.05) is 13.2 Å². The average molecular weight is 268 g/mol. The molecule has 4 nitrogen and oxygen atoms in total. The third kappa shape index (κ3) is 3.29. The van der Waals surface area contributed by atoms with Gasteiger partial charge < -0.3 is 15.7 Å². The van der Waals surface area contributed by atoms with Crippen molar-refractivity contribution in [3.63, 3.8) is 0 Å². The van der Waals surface area contributed by atoms with Crippen LogP contribution in [0.5, 0.6) is 0 Å². The predicted molar refractivity (Wildman–Crippen MR) is 75.5 cm³/mol. The van der Waals surface area contributed by atoms with E-state index < -0.39 is 0 Å². The first-order valence-electron chi connectivity index (χ1n) is 7.82. The predicted octanol–water partition coefficient (Wildman–Crippen LogP) is 1.51. The summed E-state index contributed by atoms with van der Waals surface area (Å²) >= 11 is 0. The van der Waals surface area contributed by atoms with E-state index >= 15 is 0 Å². The molecule has 19 heavy (non-hydrogen) atoms. The molecule has 1 amide bonds. The van der Waals surface area contributed by atoms with Crippen LogP contribution in [-0.4, -0.2) is 41.1 Å². The number of hydrogen-bond acceptors (Lipinski definition) is 3. The minimum Gasteiger partial charge on any atom is -0.396 e. The fraction of sp³-hybridized carbons (Fsp3) is 0.933. The molecule has 2 rings (SSSR count). The van der Waals surface area contributed by atoms with Gasteiger partial charge in [-0.15, -0.1) is 0 Å². The quantitative estimate of drug-likeness (QED) is 0.812. The zero-order valence-corrected chi connectivity index (χ0v) is 12.1. The number of nitrogens with zero attached hydrogens (tertiary/aromatic N) is 1. The second-order valence-electron chi connectivity index (χ2n) is 6.29. The van der Waals surface area contributed by atoms with E-state index in [1.54, 1.807) is 0 Å². The summed E-state index contributed by atoms with van der Waals surface area (Å²) in [7, 11) is 0. The molecule has 0 spiro atoms. The van der Waals surface area contributed by atoms with Crippen LogP contribution in [0, 0.1) is 11.8 Å². The van der Waals surface area contributed by atoms with E-state index in [1.807, 2.05) is 0 Å². The number of carbonyl (C=O) groups is 1. The fourth-order valence-electron chi connectivity index (χ4n) is 3.70. The van der Waals surface area contributed by atoms with Gasteiger partial charge in [-0.2, -0.15) is 0 Å². The zero-order chi connectivity index (χ0) is 13.8. The first-order chi connectivity index (χ1) is 9.15. The summed E-state index contributed by atoms with van der Waals surface area (Å²) < 4.78 is 0. The molecule has 0 radical (unpaired) electrons. The molecule has 1 heterocycles. The van der Waals surface area contributed by atoms with Crippen LogP contribution >= 0.6 is 0 Å². The maximum absolute atomic E-state index is 12.7. The lowest BCUT2D eigenvalue weighted by Crippen LogP contribution is -2.50. The van der Waals surface area contributed by atoms with Crippen molar-refractivity contribution in [2.45, 2.75) is 64.0 Å². The van der Waals surface area contributed by atoms with Crippen LogP contribution in [0.25, 0.3) is 0 Å². The van der Waals surface area contributed by atoms with E-state index in [-0.39, 0.29) is 24.5 Å². The lowest BCUT2D eigenvalue weighted by Gasteiger charge is -2.37. The van der Waals surface area contributed by atoms with Gasteiger partial charge in [0.25, 0.3) is 0 Å². The van der Waals surface area contributed by atoms with E-state index in [0.29, 0.717) is 12.0 Å². The van der Waals surface area contributed by atoms with Gasteiger partial charge in [0.15, 0.2) is 0 Å². The number of carbonyl (C=O) groups excluding carboxylic acids is 1. The fourth-order valence-corrected chi connectivity index (χ4v) is 3.70. The molecule has 0 aromatic heterocycles. The normalized spacial score (nSPS) is 35.6. The Morgan fingerprint density at radius 2 is 2.11 bits per heavy atom. The van der Waals surface area contributed by atoms with Crippen molar-refractivity contribution in [3.05, 3.63) is 0 Å². The van der Waals surface area contributed by atoms with Gasteiger partial charge in [0.1, 0.15) is 0 Å². The van der Waals surface area contributed by atoms with Gasteiger partial charge in [-0.25, -0.2) is 0 Å². The van der Waals surface area contributed by atoms with Crippen LogP contribution in [-0.2, 0) is 4.79 Å². The highest BCUT2D eigenvalue weighted by atomic mass is 16.3. The zero-order valence-electron chi connectivity index (χ0n) is 12.1. The van der Waals surface area contributed by atoms with Crippen LogP contribution in [0.4, 0.5) is 0 Å². The van der Waals surface area contributed by atoms with Crippen molar-refractivity contribution < 1.29 is 9.90 Å². The second kappa shape index (κ2) is 6.71. The van der Waals surface area contributed by atoms with Gasteiger partial charge in [-0.1, -0.05) is 13.3 Å². The van der Waals surface area contributed by atoms with Crippen molar-refractivity contribution in [1.82, 2.24) is 4.90 Å². The summed E-state index contributed by atoms with van der Waals surface area (Å²) in [6.07, 6.45) is 7.14. The molecule has 0 aromatic rings. The Balaban J connectivity index is 1.97. The van der Waals surface area contributed by atoms with Crippen molar-refractivity contribution in [1.29, 1.82) is 0 Å². The highest BCUT2D eigenvalue weighted by Gasteiger charge is 2.38. The van der Waals surface area contributed by atoms with E-state index in [0.717, 1.165) is 51.5 Å². The van der Waals surface area contributed by atoms with E-state index in [2.05, 4.69) is 11.8 Å². The molecule has 1 aliphatic carbocycles. The van der Waals surface area contributed by atoms with Crippen LogP contribution < -0.4 is 5.73 Å². The molecule has 4 unspecified atom stereocenters. The van der Waals surface area contributed by atoms with Crippen molar-refractivity contribution >= 4 is 5.91 Å². The van der Waals surface area contributed by atoms with E-state index in [4.69, 9.17) is 10.8 Å². The Morgan fingerprint density at radius 3 is 2.84 bits per heavy atom. The first-order valence-corrected chi connectivity index (χ1v) is 7.82. The van der Waals surface area contributed by atoms with Gasteiger partial charge in [-0.05, 0) is 44.4 Å². The summed E-state index contributed by atoms with van der Waals surface area (Å²) in [6, 6.07) is 0.365. The lowest BCUT2D eigenvalue weighted by atomic mass is 9.77. The number of aliphatic hydroxyl groups is 1. The number of nitrogens with two attached hydrogens (primary N) is 1. The Hall–Kier alpha value is -0.610. The second-order valence-corrected chi connectivity index (χ2v) is 6.29. The molecular formula is C15H28N2O2.